The zero-order chi connectivity index (χ0) is 21.1. The van der Waals surface area contributed by atoms with Gasteiger partial charge >= 0.3 is 0 Å². The quantitative estimate of drug-likeness (QED) is 0.620. The van der Waals surface area contributed by atoms with Gasteiger partial charge in [0.2, 0.25) is 15.9 Å². The summed E-state index contributed by atoms with van der Waals surface area (Å²) in [5.41, 5.74) is 0. The van der Waals surface area contributed by atoms with Crippen LogP contribution in [-0.4, -0.2) is 49.6 Å². The molecule has 158 valence electrons. The maximum atomic E-state index is 13.6. The van der Waals surface area contributed by atoms with Crippen LogP contribution in [0, 0.1) is 6.92 Å². The standard InChI is InChI=1S/C21H23N3O5S/c1-15-12-20(23-29-15)22-21(25)14-24(13-17-8-5-11-28-17)30(26,27)19-10-4-7-16-6-2-3-9-18(16)19/h2-4,6-7,9-10,12,17H,5,8,11,13-14H2,1H3,(H,22,23,25). The Balaban J connectivity index is 1.64. The Hall–Kier alpha value is -2.75. The highest BCUT2D eigenvalue weighted by atomic mass is 32.2. The minimum atomic E-state index is -3.95. The van der Waals surface area contributed by atoms with Crippen molar-refractivity contribution >= 4 is 32.5 Å². The zero-order valence-corrected chi connectivity index (χ0v) is 17.4. The first kappa shape index (κ1) is 20.5. The molecule has 30 heavy (non-hydrogen) atoms. The highest BCUT2D eigenvalue weighted by Gasteiger charge is 2.32. The summed E-state index contributed by atoms with van der Waals surface area (Å²) in [6, 6.07) is 14.0. The molecule has 1 amide bonds. The average molecular weight is 429 g/mol. The molecule has 1 atom stereocenters. The van der Waals surface area contributed by atoms with Gasteiger partial charge in [0.1, 0.15) is 5.76 Å². The fourth-order valence-corrected chi connectivity index (χ4v) is 5.23. The third-order valence-electron chi connectivity index (χ3n) is 5.01. The van der Waals surface area contributed by atoms with E-state index in [2.05, 4.69) is 10.5 Å². The molecular weight excluding hydrogens is 406 g/mol. The molecule has 4 rings (SSSR count). The topological polar surface area (TPSA) is 102 Å². The Bertz CT molecular complexity index is 1150. The first-order valence-electron chi connectivity index (χ1n) is 9.76. The number of hydrogen-bond acceptors (Lipinski definition) is 6. The summed E-state index contributed by atoms with van der Waals surface area (Å²) in [6.45, 7) is 2.06. The predicted molar refractivity (Wildman–Crippen MR) is 112 cm³/mol. The molecule has 1 aliphatic rings. The second kappa shape index (κ2) is 8.55. The van der Waals surface area contributed by atoms with Crippen molar-refractivity contribution in [2.75, 3.05) is 25.0 Å². The van der Waals surface area contributed by atoms with Crippen LogP contribution in [0.3, 0.4) is 0 Å². The summed E-state index contributed by atoms with van der Waals surface area (Å²) in [6.07, 6.45) is 1.39. The van der Waals surface area contributed by atoms with Crippen LogP contribution in [0.15, 0.2) is 57.9 Å². The van der Waals surface area contributed by atoms with Gasteiger partial charge in [-0.05, 0) is 31.2 Å². The van der Waals surface area contributed by atoms with Crippen molar-refractivity contribution in [3.8, 4) is 0 Å². The van der Waals surface area contributed by atoms with E-state index in [1.807, 2.05) is 18.2 Å². The summed E-state index contributed by atoms with van der Waals surface area (Å²) in [7, 11) is -3.95. The van der Waals surface area contributed by atoms with Crippen LogP contribution in [0.2, 0.25) is 0 Å². The molecule has 2 heterocycles. The molecule has 1 aliphatic heterocycles. The summed E-state index contributed by atoms with van der Waals surface area (Å²) in [5, 5.41) is 7.75. The van der Waals surface area contributed by atoms with Crippen LogP contribution in [0.25, 0.3) is 10.8 Å². The first-order chi connectivity index (χ1) is 14.4. The lowest BCUT2D eigenvalue weighted by Crippen LogP contribution is -2.42. The highest BCUT2D eigenvalue weighted by Crippen LogP contribution is 2.27. The number of benzene rings is 2. The van der Waals surface area contributed by atoms with E-state index < -0.39 is 15.9 Å². The van der Waals surface area contributed by atoms with Crippen LogP contribution in [0.4, 0.5) is 5.82 Å². The van der Waals surface area contributed by atoms with Crippen molar-refractivity contribution in [2.24, 2.45) is 0 Å². The molecule has 0 bridgehead atoms. The van der Waals surface area contributed by atoms with Crippen LogP contribution in [0.1, 0.15) is 18.6 Å². The van der Waals surface area contributed by atoms with Gasteiger partial charge in [-0.25, -0.2) is 8.42 Å². The normalized spacial score (nSPS) is 16.9. The number of carbonyl (C=O) groups excluding carboxylic acids is 1. The van der Waals surface area contributed by atoms with E-state index in [4.69, 9.17) is 9.26 Å². The molecule has 1 saturated heterocycles. The van der Waals surface area contributed by atoms with Gasteiger partial charge in [-0.1, -0.05) is 41.6 Å². The average Bonchev–Trinajstić information content (AvgIpc) is 3.38. The molecule has 1 N–H and O–H groups in total. The number of nitrogens with zero attached hydrogens (tertiary/aromatic N) is 2. The monoisotopic (exact) mass is 429 g/mol. The number of anilines is 1. The van der Waals surface area contributed by atoms with Crippen molar-refractivity contribution in [3.05, 3.63) is 54.3 Å². The Kier molecular flexibility index (Phi) is 5.85. The number of rotatable bonds is 7. The number of carbonyl (C=O) groups is 1. The van der Waals surface area contributed by atoms with Crippen molar-refractivity contribution in [3.63, 3.8) is 0 Å². The number of nitrogens with one attached hydrogen (secondary N) is 1. The van der Waals surface area contributed by atoms with E-state index >= 15 is 0 Å². The van der Waals surface area contributed by atoms with Gasteiger partial charge in [-0.15, -0.1) is 0 Å². The third kappa shape index (κ3) is 4.38. The summed E-state index contributed by atoms with van der Waals surface area (Å²) >= 11 is 0. The molecule has 1 unspecified atom stereocenters. The third-order valence-corrected chi connectivity index (χ3v) is 6.88. The van der Waals surface area contributed by atoms with Gasteiger partial charge in [0, 0.05) is 24.6 Å². The van der Waals surface area contributed by atoms with Gasteiger partial charge in [0.15, 0.2) is 5.82 Å². The first-order valence-corrected chi connectivity index (χ1v) is 11.2. The van der Waals surface area contributed by atoms with E-state index in [0.717, 1.165) is 18.2 Å². The summed E-state index contributed by atoms with van der Waals surface area (Å²) in [4.78, 5) is 12.8. The van der Waals surface area contributed by atoms with E-state index in [1.165, 1.54) is 4.31 Å². The molecule has 0 aliphatic carbocycles. The van der Waals surface area contributed by atoms with Crippen LogP contribution >= 0.6 is 0 Å². The lowest BCUT2D eigenvalue weighted by Gasteiger charge is -2.25. The van der Waals surface area contributed by atoms with E-state index in [9.17, 15) is 13.2 Å². The van der Waals surface area contributed by atoms with Crippen LogP contribution in [0.5, 0.6) is 0 Å². The smallest absolute Gasteiger partial charge is 0.244 e. The molecule has 1 fully saturated rings. The van der Waals surface area contributed by atoms with Crippen molar-refractivity contribution in [2.45, 2.75) is 30.8 Å². The maximum absolute atomic E-state index is 13.6. The number of fused-ring (bicyclic) bond motifs is 1. The zero-order valence-electron chi connectivity index (χ0n) is 16.6. The Morgan fingerprint density at radius 1 is 1.23 bits per heavy atom. The van der Waals surface area contributed by atoms with E-state index in [1.54, 1.807) is 37.3 Å². The minimum Gasteiger partial charge on any atom is -0.377 e. The fourth-order valence-electron chi connectivity index (χ4n) is 3.59. The molecule has 3 aromatic rings. The molecule has 0 radical (unpaired) electrons. The van der Waals surface area contributed by atoms with Gasteiger partial charge in [0.25, 0.3) is 0 Å². The SMILES string of the molecule is Cc1cc(NC(=O)CN(CC2CCCO2)S(=O)(=O)c2cccc3ccccc23)no1. The highest BCUT2D eigenvalue weighted by molar-refractivity contribution is 7.89. The maximum Gasteiger partial charge on any atom is 0.244 e. The number of amides is 1. The molecule has 2 aromatic carbocycles. The Morgan fingerprint density at radius 2 is 2.03 bits per heavy atom. The molecular formula is C21H23N3O5S. The minimum absolute atomic E-state index is 0.108. The molecule has 8 nitrogen and oxygen atoms in total. The Morgan fingerprint density at radius 3 is 2.77 bits per heavy atom. The summed E-state index contributed by atoms with van der Waals surface area (Å²) in [5.74, 6) is 0.298. The van der Waals surface area contributed by atoms with Gasteiger partial charge < -0.3 is 14.6 Å². The van der Waals surface area contributed by atoms with Crippen LogP contribution in [-0.2, 0) is 19.6 Å². The lowest BCUT2D eigenvalue weighted by atomic mass is 10.1. The Labute approximate surface area is 174 Å². The molecule has 9 heteroatoms. The van der Waals surface area contributed by atoms with Crippen molar-refractivity contribution < 1.29 is 22.5 Å². The van der Waals surface area contributed by atoms with E-state index in [0.29, 0.717) is 17.8 Å². The second-order valence-electron chi connectivity index (χ2n) is 7.28. The van der Waals surface area contributed by atoms with Crippen molar-refractivity contribution in [1.29, 1.82) is 0 Å². The number of sulfonamides is 1. The molecule has 1 aromatic heterocycles. The number of aryl methyl sites for hydroxylation is 1. The number of aromatic nitrogens is 1. The van der Waals surface area contributed by atoms with Gasteiger partial charge in [-0.2, -0.15) is 4.31 Å². The predicted octanol–water partition coefficient (Wildman–Crippen LogP) is 2.94. The largest absolute Gasteiger partial charge is 0.377 e. The lowest BCUT2D eigenvalue weighted by molar-refractivity contribution is -0.116. The molecule has 0 saturated carbocycles. The number of ether oxygens (including phenoxy) is 1. The summed E-state index contributed by atoms with van der Waals surface area (Å²) < 4.78 is 38.9. The second-order valence-corrected chi connectivity index (χ2v) is 9.19. The van der Waals surface area contributed by atoms with Crippen LogP contribution < -0.4 is 5.32 Å². The fraction of sp³-hybridized carbons (Fsp3) is 0.333. The van der Waals surface area contributed by atoms with Gasteiger partial charge in [-0.3, -0.25) is 4.79 Å². The van der Waals surface area contributed by atoms with Gasteiger partial charge in [0.05, 0.1) is 17.5 Å². The number of hydrogen-bond donors (Lipinski definition) is 1. The van der Waals surface area contributed by atoms with E-state index in [-0.39, 0.29) is 29.9 Å². The molecule has 0 spiro atoms. The van der Waals surface area contributed by atoms with Crippen molar-refractivity contribution in [1.82, 2.24) is 9.46 Å².